The van der Waals surface area contributed by atoms with E-state index in [0.29, 0.717) is 5.02 Å². The fourth-order valence-corrected chi connectivity index (χ4v) is 4.05. The molecule has 4 heteroatoms. The quantitative estimate of drug-likeness (QED) is 0.573. The molecule has 0 fully saturated rings. The van der Waals surface area contributed by atoms with Gasteiger partial charge in [-0.1, -0.05) is 41.4 Å². The van der Waals surface area contributed by atoms with Crippen molar-refractivity contribution in [1.29, 1.82) is 0 Å². The molecule has 0 saturated heterocycles. The molecule has 3 aromatic rings. The van der Waals surface area contributed by atoms with Crippen LogP contribution in [0.5, 0.6) is 0 Å². The third-order valence-corrected chi connectivity index (χ3v) is 5.14. The van der Waals surface area contributed by atoms with Crippen molar-refractivity contribution >= 4 is 23.2 Å². The topological polar surface area (TPSA) is 16.4 Å². The van der Waals surface area contributed by atoms with Gasteiger partial charge < -0.3 is 9.32 Å². The smallest absolute Gasteiger partial charge is 0.133 e. The van der Waals surface area contributed by atoms with E-state index in [4.69, 9.17) is 27.6 Å². The number of rotatable bonds is 2. The molecular weight excluding hydrogens is 341 g/mol. The maximum atomic E-state index is 6.45. The SMILES string of the molecule is CN1Cc2c(Cl)cc(Cl)cc2C(c2cccc(-c3ccco3)c2)C1. The summed E-state index contributed by atoms with van der Waals surface area (Å²) in [4.78, 5) is 2.30. The molecular formula is C20H17Cl2NO. The highest BCUT2D eigenvalue weighted by molar-refractivity contribution is 6.35. The number of hydrogen-bond acceptors (Lipinski definition) is 2. The van der Waals surface area contributed by atoms with Crippen LogP contribution in [0.3, 0.4) is 0 Å². The molecule has 1 aromatic heterocycles. The van der Waals surface area contributed by atoms with Gasteiger partial charge in [0.1, 0.15) is 5.76 Å². The van der Waals surface area contributed by atoms with Crippen molar-refractivity contribution in [2.45, 2.75) is 12.5 Å². The van der Waals surface area contributed by atoms with Crippen molar-refractivity contribution in [2.75, 3.05) is 13.6 Å². The number of halogens is 2. The first-order valence-corrected chi connectivity index (χ1v) is 8.67. The zero-order valence-corrected chi connectivity index (χ0v) is 14.8. The van der Waals surface area contributed by atoms with Gasteiger partial charge in [-0.25, -0.2) is 0 Å². The predicted octanol–water partition coefficient (Wildman–Crippen LogP) is 5.83. The Kier molecular flexibility index (Phi) is 4.13. The number of furan rings is 1. The Bertz CT molecular complexity index is 873. The van der Waals surface area contributed by atoms with E-state index in [9.17, 15) is 0 Å². The first kappa shape index (κ1) is 15.8. The Labute approximate surface area is 151 Å². The van der Waals surface area contributed by atoms with Crippen molar-refractivity contribution < 1.29 is 4.42 Å². The Balaban J connectivity index is 1.82. The van der Waals surface area contributed by atoms with E-state index < -0.39 is 0 Å². The van der Waals surface area contributed by atoms with E-state index in [0.717, 1.165) is 29.4 Å². The predicted molar refractivity (Wildman–Crippen MR) is 98.8 cm³/mol. The lowest BCUT2D eigenvalue weighted by molar-refractivity contribution is 0.295. The number of hydrogen-bond donors (Lipinski definition) is 0. The molecule has 0 saturated carbocycles. The lowest BCUT2D eigenvalue weighted by Gasteiger charge is -2.33. The maximum absolute atomic E-state index is 6.45. The summed E-state index contributed by atoms with van der Waals surface area (Å²) < 4.78 is 5.54. The summed E-state index contributed by atoms with van der Waals surface area (Å²) in [5.74, 6) is 1.12. The number of benzene rings is 2. The molecule has 1 atom stereocenters. The van der Waals surface area contributed by atoms with Crippen molar-refractivity contribution in [3.63, 3.8) is 0 Å². The minimum atomic E-state index is 0.241. The van der Waals surface area contributed by atoms with Crippen LogP contribution in [0.25, 0.3) is 11.3 Å². The van der Waals surface area contributed by atoms with E-state index in [1.165, 1.54) is 16.7 Å². The number of likely N-dealkylation sites (N-methyl/N-ethyl adjacent to an activating group) is 1. The monoisotopic (exact) mass is 357 g/mol. The van der Waals surface area contributed by atoms with Gasteiger partial charge in [-0.05, 0) is 54.1 Å². The molecule has 0 amide bonds. The van der Waals surface area contributed by atoms with Gasteiger partial charge in [-0.15, -0.1) is 0 Å². The summed E-state index contributed by atoms with van der Waals surface area (Å²) in [6, 6.07) is 16.3. The van der Waals surface area contributed by atoms with Gasteiger partial charge in [0.15, 0.2) is 0 Å². The Morgan fingerprint density at radius 1 is 1.08 bits per heavy atom. The Morgan fingerprint density at radius 3 is 2.75 bits per heavy atom. The molecule has 1 aliphatic rings. The summed E-state index contributed by atoms with van der Waals surface area (Å²) in [6.07, 6.45) is 1.70. The Hall–Kier alpha value is -1.74. The first-order chi connectivity index (χ1) is 11.6. The number of nitrogens with zero attached hydrogens (tertiary/aromatic N) is 1. The highest BCUT2D eigenvalue weighted by atomic mass is 35.5. The van der Waals surface area contributed by atoms with E-state index >= 15 is 0 Å². The molecule has 2 nitrogen and oxygen atoms in total. The van der Waals surface area contributed by atoms with Crippen molar-refractivity contribution in [2.24, 2.45) is 0 Å². The zero-order chi connectivity index (χ0) is 16.7. The van der Waals surface area contributed by atoms with Crippen LogP contribution in [0.1, 0.15) is 22.6 Å². The van der Waals surface area contributed by atoms with E-state index in [-0.39, 0.29) is 5.92 Å². The van der Waals surface area contributed by atoms with Crippen LogP contribution in [0.4, 0.5) is 0 Å². The van der Waals surface area contributed by atoms with Gasteiger partial charge in [-0.2, -0.15) is 0 Å². The number of fused-ring (bicyclic) bond motifs is 1. The molecule has 0 spiro atoms. The van der Waals surface area contributed by atoms with Crippen molar-refractivity contribution in [3.8, 4) is 11.3 Å². The zero-order valence-electron chi connectivity index (χ0n) is 13.3. The molecule has 0 aliphatic carbocycles. The van der Waals surface area contributed by atoms with Gasteiger partial charge in [0.2, 0.25) is 0 Å². The second-order valence-electron chi connectivity index (χ2n) is 6.31. The molecule has 4 rings (SSSR count). The van der Waals surface area contributed by atoms with Gasteiger partial charge in [0.25, 0.3) is 0 Å². The molecule has 122 valence electrons. The third kappa shape index (κ3) is 2.86. The summed E-state index contributed by atoms with van der Waals surface area (Å²) in [7, 11) is 2.12. The van der Waals surface area contributed by atoms with Crippen LogP contribution < -0.4 is 0 Å². The summed E-state index contributed by atoms with van der Waals surface area (Å²) in [5.41, 5.74) is 4.72. The average Bonchev–Trinajstić information content (AvgIpc) is 3.10. The lowest BCUT2D eigenvalue weighted by Crippen LogP contribution is -2.31. The molecule has 0 N–H and O–H groups in total. The van der Waals surface area contributed by atoms with Gasteiger partial charge >= 0.3 is 0 Å². The van der Waals surface area contributed by atoms with E-state index in [1.54, 1.807) is 6.26 Å². The van der Waals surface area contributed by atoms with Crippen molar-refractivity contribution in [3.05, 3.63) is 81.5 Å². The molecule has 2 heterocycles. The molecule has 1 aliphatic heterocycles. The van der Waals surface area contributed by atoms with Gasteiger partial charge in [-0.3, -0.25) is 0 Å². The van der Waals surface area contributed by atoms with Crippen LogP contribution >= 0.6 is 23.2 Å². The summed E-state index contributed by atoms with van der Waals surface area (Å²) in [5, 5.41) is 1.44. The second kappa shape index (κ2) is 6.29. The molecule has 0 bridgehead atoms. The normalized spacial score (nSPS) is 17.7. The maximum Gasteiger partial charge on any atom is 0.133 e. The standard InChI is InChI=1S/C20H17Cl2NO/c1-23-11-17(16-9-15(21)10-19(22)18(16)12-23)13-4-2-5-14(8-13)20-6-3-7-24-20/h2-10,17H,11-12H2,1H3. The van der Waals surface area contributed by atoms with Crippen LogP contribution in [-0.4, -0.2) is 18.5 Å². The second-order valence-corrected chi connectivity index (χ2v) is 7.15. The highest BCUT2D eigenvalue weighted by Gasteiger charge is 2.27. The van der Waals surface area contributed by atoms with Crippen LogP contribution in [-0.2, 0) is 6.54 Å². The molecule has 2 aromatic carbocycles. The fourth-order valence-electron chi connectivity index (χ4n) is 3.48. The Morgan fingerprint density at radius 2 is 1.96 bits per heavy atom. The van der Waals surface area contributed by atoms with E-state index in [1.807, 2.05) is 18.2 Å². The summed E-state index contributed by atoms with van der Waals surface area (Å²) in [6.45, 7) is 1.78. The first-order valence-electron chi connectivity index (χ1n) is 7.92. The van der Waals surface area contributed by atoms with Gasteiger partial charge in [0, 0.05) is 34.6 Å². The fraction of sp³-hybridized carbons (Fsp3) is 0.200. The highest BCUT2D eigenvalue weighted by Crippen LogP contribution is 2.39. The van der Waals surface area contributed by atoms with Crippen molar-refractivity contribution in [1.82, 2.24) is 4.90 Å². The largest absolute Gasteiger partial charge is 0.464 e. The average molecular weight is 358 g/mol. The van der Waals surface area contributed by atoms with Crippen LogP contribution in [0, 0.1) is 0 Å². The van der Waals surface area contributed by atoms with E-state index in [2.05, 4.69) is 42.3 Å². The molecule has 24 heavy (non-hydrogen) atoms. The van der Waals surface area contributed by atoms with Gasteiger partial charge in [0.05, 0.1) is 6.26 Å². The minimum absolute atomic E-state index is 0.241. The summed E-state index contributed by atoms with van der Waals surface area (Å²) >= 11 is 12.7. The molecule has 0 radical (unpaired) electrons. The minimum Gasteiger partial charge on any atom is -0.464 e. The van der Waals surface area contributed by atoms with Crippen LogP contribution in [0.15, 0.2) is 59.2 Å². The third-order valence-electron chi connectivity index (χ3n) is 4.59. The molecule has 1 unspecified atom stereocenters. The van der Waals surface area contributed by atoms with Crippen LogP contribution in [0.2, 0.25) is 10.0 Å². The lowest BCUT2D eigenvalue weighted by atomic mass is 9.84.